The number of likely N-dealkylation sites (tertiary alicyclic amines) is 1. The minimum absolute atomic E-state index is 0.0174. The van der Waals surface area contributed by atoms with Gasteiger partial charge in [-0.3, -0.25) is 9.69 Å². The molecule has 9 heteroatoms. The Morgan fingerprint density at radius 2 is 1.86 bits per heavy atom. The van der Waals surface area contributed by atoms with Crippen LogP contribution in [-0.4, -0.2) is 71.4 Å². The van der Waals surface area contributed by atoms with E-state index in [1.165, 1.54) is 17.8 Å². The second-order valence-corrected chi connectivity index (χ2v) is 8.97. The van der Waals surface area contributed by atoms with Crippen molar-refractivity contribution < 1.29 is 22.7 Å². The van der Waals surface area contributed by atoms with Gasteiger partial charge >= 0.3 is 6.18 Å². The van der Waals surface area contributed by atoms with E-state index in [1.807, 2.05) is 4.90 Å². The molecule has 0 N–H and O–H groups in total. The number of thioether (sulfide) groups is 1. The first kappa shape index (κ1) is 22.4. The van der Waals surface area contributed by atoms with Crippen LogP contribution in [0, 0.1) is 5.92 Å². The molecule has 162 valence electrons. The summed E-state index contributed by atoms with van der Waals surface area (Å²) in [5.74, 6) is 0.797. The highest BCUT2D eigenvalue weighted by Crippen LogP contribution is 2.29. The van der Waals surface area contributed by atoms with Crippen LogP contribution in [0.1, 0.15) is 32.3 Å². The Balaban J connectivity index is 1.40. The topological polar surface area (TPSA) is 45.7 Å². The third-order valence-corrected chi connectivity index (χ3v) is 6.31. The predicted molar refractivity (Wildman–Crippen MR) is 106 cm³/mol. The molecule has 0 aromatic carbocycles. The molecule has 5 nitrogen and oxygen atoms in total. The minimum atomic E-state index is -4.40. The van der Waals surface area contributed by atoms with Gasteiger partial charge < -0.3 is 9.64 Å². The monoisotopic (exact) mass is 431 g/mol. The lowest BCUT2D eigenvalue weighted by Gasteiger charge is -2.39. The molecule has 2 saturated heterocycles. The molecule has 0 spiro atoms. The zero-order chi connectivity index (χ0) is 21.0. The summed E-state index contributed by atoms with van der Waals surface area (Å²) in [6.45, 7) is 8.64. The van der Waals surface area contributed by atoms with Gasteiger partial charge in [0.05, 0.1) is 28.6 Å². The van der Waals surface area contributed by atoms with E-state index in [0.29, 0.717) is 10.9 Å². The highest BCUT2D eigenvalue weighted by atomic mass is 32.2. The van der Waals surface area contributed by atoms with Gasteiger partial charge in [0, 0.05) is 38.9 Å². The number of piperidine rings is 1. The van der Waals surface area contributed by atoms with Gasteiger partial charge in [0.1, 0.15) is 0 Å². The highest BCUT2D eigenvalue weighted by molar-refractivity contribution is 7.99. The minimum Gasteiger partial charge on any atom is -0.373 e. The number of halogens is 3. The first-order valence-corrected chi connectivity index (χ1v) is 11.0. The number of aromatic nitrogens is 1. The van der Waals surface area contributed by atoms with Crippen LogP contribution < -0.4 is 0 Å². The van der Waals surface area contributed by atoms with E-state index in [2.05, 4.69) is 23.7 Å². The molecule has 2 aliphatic heterocycles. The summed E-state index contributed by atoms with van der Waals surface area (Å²) < 4.78 is 43.5. The number of amides is 1. The SMILES string of the molecule is CC1CN(CC2CCN(C(=O)CSc3ccc(C(F)(F)F)cn3)CC2)CC(C)O1. The van der Waals surface area contributed by atoms with Crippen LogP contribution >= 0.6 is 11.8 Å². The first-order valence-electron chi connectivity index (χ1n) is 10.0. The van der Waals surface area contributed by atoms with Gasteiger partial charge in [-0.05, 0) is 44.7 Å². The largest absolute Gasteiger partial charge is 0.417 e. The fraction of sp³-hybridized carbons (Fsp3) is 0.700. The van der Waals surface area contributed by atoms with E-state index in [4.69, 9.17) is 4.74 Å². The Bertz CT molecular complexity index is 669. The van der Waals surface area contributed by atoms with Crippen LogP contribution in [0.15, 0.2) is 23.4 Å². The summed E-state index contributed by atoms with van der Waals surface area (Å²) in [4.78, 5) is 20.6. The molecular formula is C20H28F3N3O2S. The van der Waals surface area contributed by atoms with Gasteiger partial charge in [-0.25, -0.2) is 4.98 Å². The van der Waals surface area contributed by atoms with Crippen LogP contribution in [0.4, 0.5) is 13.2 Å². The molecule has 2 fully saturated rings. The molecule has 0 bridgehead atoms. The number of nitrogens with zero attached hydrogens (tertiary/aromatic N) is 3. The normalized spacial score (nSPS) is 24.7. The van der Waals surface area contributed by atoms with Gasteiger partial charge in [-0.2, -0.15) is 13.2 Å². The lowest BCUT2D eigenvalue weighted by Crippen LogP contribution is -2.48. The standard InChI is InChI=1S/C20H28F3N3O2S/c1-14-10-25(11-15(2)28-14)12-16-5-7-26(8-6-16)19(27)13-29-18-4-3-17(9-24-18)20(21,22)23/h3-4,9,14-16H,5-8,10-13H2,1-2H3. The number of pyridine rings is 1. The molecule has 1 aromatic heterocycles. The van der Waals surface area contributed by atoms with Crippen molar-refractivity contribution in [2.75, 3.05) is 38.5 Å². The lowest BCUT2D eigenvalue weighted by molar-refractivity contribution is -0.138. The van der Waals surface area contributed by atoms with Crippen molar-refractivity contribution in [3.63, 3.8) is 0 Å². The van der Waals surface area contributed by atoms with Crippen molar-refractivity contribution in [2.45, 2.75) is 50.1 Å². The summed E-state index contributed by atoms with van der Waals surface area (Å²) in [6, 6.07) is 2.32. The molecule has 0 aliphatic carbocycles. The van der Waals surface area contributed by atoms with Gasteiger partial charge in [0.15, 0.2) is 0 Å². The van der Waals surface area contributed by atoms with E-state index >= 15 is 0 Å². The summed E-state index contributed by atoms with van der Waals surface area (Å²) in [6.07, 6.45) is -1.10. The molecular weight excluding hydrogens is 403 g/mol. The smallest absolute Gasteiger partial charge is 0.373 e. The number of ether oxygens (including phenoxy) is 1. The summed E-state index contributed by atoms with van der Waals surface area (Å²) in [7, 11) is 0. The average molecular weight is 432 g/mol. The Kier molecular flexibility index (Phi) is 7.45. The predicted octanol–water partition coefficient (Wildman–Crippen LogP) is 3.54. The second-order valence-electron chi connectivity index (χ2n) is 7.97. The molecule has 29 heavy (non-hydrogen) atoms. The Morgan fingerprint density at radius 1 is 1.21 bits per heavy atom. The van der Waals surface area contributed by atoms with E-state index in [0.717, 1.165) is 57.8 Å². The molecule has 2 unspecified atom stereocenters. The van der Waals surface area contributed by atoms with Gasteiger partial charge in [0.2, 0.25) is 5.91 Å². The number of hydrogen-bond acceptors (Lipinski definition) is 5. The van der Waals surface area contributed by atoms with E-state index in [9.17, 15) is 18.0 Å². The highest BCUT2D eigenvalue weighted by Gasteiger charge is 2.31. The van der Waals surface area contributed by atoms with Crippen molar-refractivity contribution >= 4 is 17.7 Å². The number of rotatable bonds is 5. The molecule has 2 atom stereocenters. The fourth-order valence-corrected chi connectivity index (χ4v) is 4.77. The van der Waals surface area contributed by atoms with E-state index in [-0.39, 0.29) is 23.9 Å². The molecule has 1 aromatic rings. The summed E-state index contributed by atoms with van der Waals surface area (Å²) in [5.41, 5.74) is -0.778. The van der Waals surface area contributed by atoms with Crippen molar-refractivity contribution in [1.82, 2.24) is 14.8 Å². The summed E-state index contributed by atoms with van der Waals surface area (Å²) >= 11 is 1.18. The number of carbonyl (C=O) groups excluding carboxylic acids is 1. The van der Waals surface area contributed by atoms with Crippen LogP contribution in [-0.2, 0) is 15.7 Å². The molecule has 3 rings (SSSR count). The van der Waals surface area contributed by atoms with Crippen molar-refractivity contribution in [2.24, 2.45) is 5.92 Å². The maximum absolute atomic E-state index is 12.6. The number of carbonyl (C=O) groups is 1. The third-order valence-electron chi connectivity index (χ3n) is 5.39. The maximum Gasteiger partial charge on any atom is 0.417 e. The Morgan fingerprint density at radius 3 is 2.41 bits per heavy atom. The quantitative estimate of drug-likeness (QED) is 0.668. The van der Waals surface area contributed by atoms with Crippen molar-refractivity contribution in [1.29, 1.82) is 0 Å². The van der Waals surface area contributed by atoms with Crippen molar-refractivity contribution in [3.8, 4) is 0 Å². The molecule has 1 amide bonds. The molecule has 2 aliphatic rings. The maximum atomic E-state index is 12.6. The second kappa shape index (κ2) is 9.66. The zero-order valence-electron chi connectivity index (χ0n) is 16.8. The van der Waals surface area contributed by atoms with Crippen LogP contribution in [0.5, 0.6) is 0 Å². The van der Waals surface area contributed by atoms with Crippen LogP contribution in [0.3, 0.4) is 0 Å². The average Bonchev–Trinajstić information content (AvgIpc) is 2.65. The fourth-order valence-electron chi connectivity index (χ4n) is 4.02. The van der Waals surface area contributed by atoms with Crippen molar-refractivity contribution in [3.05, 3.63) is 23.9 Å². The van der Waals surface area contributed by atoms with Gasteiger partial charge in [0.25, 0.3) is 0 Å². The molecule has 3 heterocycles. The van der Waals surface area contributed by atoms with Crippen LogP contribution in [0.2, 0.25) is 0 Å². The van der Waals surface area contributed by atoms with Gasteiger partial charge in [-0.1, -0.05) is 11.8 Å². The number of alkyl halides is 3. The van der Waals surface area contributed by atoms with E-state index in [1.54, 1.807) is 0 Å². The zero-order valence-corrected chi connectivity index (χ0v) is 17.6. The number of hydrogen-bond donors (Lipinski definition) is 0. The van der Waals surface area contributed by atoms with E-state index < -0.39 is 11.7 Å². The van der Waals surface area contributed by atoms with Crippen LogP contribution in [0.25, 0.3) is 0 Å². The Labute approximate surface area is 174 Å². The Hall–Kier alpha value is -1.32. The lowest BCUT2D eigenvalue weighted by atomic mass is 9.95. The molecule has 0 saturated carbocycles. The molecule has 0 radical (unpaired) electrons. The first-order chi connectivity index (χ1) is 13.7. The third kappa shape index (κ3) is 6.58. The number of morpholine rings is 1. The van der Waals surface area contributed by atoms with Gasteiger partial charge in [-0.15, -0.1) is 0 Å². The summed E-state index contributed by atoms with van der Waals surface area (Å²) in [5, 5.41) is 0.428.